The Hall–Kier alpha value is -1.96. The van der Waals surface area contributed by atoms with Crippen LogP contribution in [0.15, 0.2) is 6.07 Å². The minimum absolute atomic E-state index is 0.103. The van der Waals surface area contributed by atoms with E-state index >= 15 is 0 Å². The topological polar surface area (TPSA) is 66.5 Å². The second-order valence-electron chi connectivity index (χ2n) is 6.49. The zero-order chi connectivity index (χ0) is 17.8. The van der Waals surface area contributed by atoms with E-state index in [0.717, 1.165) is 19.4 Å². The average molecular weight is 354 g/mol. The highest BCUT2D eigenvalue weighted by atomic mass is 19.1. The van der Waals surface area contributed by atoms with Gasteiger partial charge in [-0.1, -0.05) is 0 Å². The number of rotatable bonds is 5. The van der Waals surface area contributed by atoms with Gasteiger partial charge in [0.15, 0.2) is 11.6 Å². The van der Waals surface area contributed by atoms with Gasteiger partial charge in [-0.3, -0.25) is 4.79 Å². The fourth-order valence-corrected chi connectivity index (χ4v) is 3.30. The molecule has 0 radical (unpaired) electrons. The quantitative estimate of drug-likeness (QED) is 0.840. The van der Waals surface area contributed by atoms with Gasteiger partial charge in [-0.25, -0.2) is 8.78 Å². The fraction of sp³-hybridized carbons (Fsp3) is 0.647. The number of hydrogen-bond donors (Lipinski definition) is 2. The number of nitrogens with zero attached hydrogens (tertiary/aromatic N) is 2. The Labute approximate surface area is 145 Å². The van der Waals surface area contributed by atoms with Crippen molar-refractivity contribution in [2.75, 3.05) is 31.6 Å². The van der Waals surface area contributed by atoms with Crippen LogP contribution in [-0.2, 0) is 11.3 Å². The molecule has 0 bridgehead atoms. The lowest BCUT2D eigenvalue weighted by Crippen LogP contribution is -2.40. The number of amides is 1. The smallest absolute Gasteiger partial charge is 0.237 e. The van der Waals surface area contributed by atoms with Gasteiger partial charge in [0.2, 0.25) is 11.8 Å². The molecule has 1 aromatic heterocycles. The van der Waals surface area contributed by atoms with E-state index in [1.807, 2.05) is 0 Å². The maximum Gasteiger partial charge on any atom is 0.237 e. The van der Waals surface area contributed by atoms with Crippen LogP contribution in [-0.4, -0.2) is 49.8 Å². The maximum atomic E-state index is 14.5. The molecule has 138 valence electrons. The number of anilines is 1. The third kappa shape index (κ3) is 4.18. The average Bonchev–Trinajstić information content (AvgIpc) is 3.15. The number of aromatic nitrogens is 1. The Bertz CT molecular complexity index is 615. The molecule has 6 nitrogen and oxygen atoms in total. The number of ether oxygens (including phenoxy) is 1. The minimum Gasteiger partial charge on any atom is -0.481 e. The number of carbonyl (C=O) groups excluding carboxylic acids is 1. The van der Waals surface area contributed by atoms with Crippen LogP contribution in [0.4, 0.5) is 14.6 Å². The van der Waals surface area contributed by atoms with Gasteiger partial charge >= 0.3 is 0 Å². The summed E-state index contributed by atoms with van der Waals surface area (Å²) in [6.07, 6.45) is 1.69. The first kappa shape index (κ1) is 17.8. The zero-order valence-electron chi connectivity index (χ0n) is 14.4. The molecule has 2 N–H and O–H groups in total. The van der Waals surface area contributed by atoms with Crippen molar-refractivity contribution in [3.8, 4) is 5.88 Å². The summed E-state index contributed by atoms with van der Waals surface area (Å²) in [5, 5.41) is 5.91. The second kappa shape index (κ2) is 7.95. The Morgan fingerprint density at radius 2 is 2.20 bits per heavy atom. The van der Waals surface area contributed by atoms with Crippen molar-refractivity contribution in [3.63, 3.8) is 0 Å². The van der Waals surface area contributed by atoms with Crippen molar-refractivity contribution in [1.82, 2.24) is 15.6 Å². The summed E-state index contributed by atoms with van der Waals surface area (Å²) < 4.78 is 33.0. The van der Waals surface area contributed by atoms with Gasteiger partial charge in [0.05, 0.1) is 13.2 Å². The standard InChI is InChI=1S/C17H24F2N4O2/c1-25-17-11(10-21-16(24)14-3-2-6-20-14)9-13(19)15(22-17)23-7-4-12(18)5-8-23/h9,12,14,20H,2-8,10H2,1H3,(H,21,24). The first-order chi connectivity index (χ1) is 12.1. The first-order valence-corrected chi connectivity index (χ1v) is 8.72. The summed E-state index contributed by atoms with van der Waals surface area (Å²) in [6, 6.07) is 1.15. The molecule has 0 spiro atoms. The van der Waals surface area contributed by atoms with E-state index in [4.69, 9.17) is 4.74 Å². The molecule has 3 heterocycles. The molecule has 2 aliphatic rings. The second-order valence-corrected chi connectivity index (χ2v) is 6.49. The molecule has 1 aromatic rings. The Morgan fingerprint density at radius 1 is 1.44 bits per heavy atom. The zero-order valence-corrected chi connectivity index (χ0v) is 14.4. The highest BCUT2D eigenvalue weighted by molar-refractivity contribution is 5.82. The van der Waals surface area contributed by atoms with E-state index in [2.05, 4.69) is 15.6 Å². The van der Waals surface area contributed by atoms with Crippen LogP contribution >= 0.6 is 0 Å². The lowest BCUT2D eigenvalue weighted by atomic mass is 10.1. The van der Waals surface area contributed by atoms with Crippen LogP contribution in [0.1, 0.15) is 31.2 Å². The van der Waals surface area contributed by atoms with Crippen molar-refractivity contribution in [2.45, 2.75) is 44.4 Å². The van der Waals surface area contributed by atoms with Crippen molar-refractivity contribution >= 4 is 11.7 Å². The summed E-state index contributed by atoms with van der Waals surface area (Å²) in [6.45, 7) is 1.84. The number of alkyl halides is 1. The maximum absolute atomic E-state index is 14.5. The minimum atomic E-state index is -0.833. The third-order valence-corrected chi connectivity index (χ3v) is 4.74. The highest BCUT2D eigenvalue weighted by Gasteiger charge is 2.25. The molecule has 2 saturated heterocycles. The fourth-order valence-electron chi connectivity index (χ4n) is 3.30. The SMILES string of the molecule is COc1nc(N2CCC(F)CC2)c(F)cc1CNC(=O)C1CCCN1. The van der Waals surface area contributed by atoms with Gasteiger partial charge in [-0.15, -0.1) is 0 Å². The molecule has 0 aliphatic carbocycles. The van der Waals surface area contributed by atoms with Crippen molar-refractivity contribution in [3.05, 3.63) is 17.4 Å². The summed E-state index contributed by atoms with van der Waals surface area (Å²) >= 11 is 0. The van der Waals surface area contributed by atoms with Crippen LogP contribution in [0.5, 0.6) is 5.88 Å². The lowest BCUT2D eigenvalue weighted by Gasteiger charge is -2.30. The molecule has 1 amide bonds. The third-order valence-electron chi connectivity index (χ3n) is 4.74. The number of carbonyl (C=O) groups is 1. The largest absolute Gasteiger partial charge is 0.481 e. The number of methoxy groups -OCH3 is 1. The number of piperidine rings is 1. The van der Waals surface area contributed by atoms with Crippen molar-refractivity contribution in [2.24, 2.45) is 0 Å². The molecule has 1 unspecified atom stereocenters. The number of hydrogen-bond acceptors (Lipinski definition) is 5. The van der Waals surface area contributed by atoms with Crippen molar-refractivity contribution < 1.29 is 18.3 Å². The number of nitrogens with one attached hydrogen (secondary N) is 2. The van der Waals surface area contributed by atoms with Crippen LogP contribution in [0, 0.1) is 5.82 Å². The van der Waals surface area contributed by atoms with E-state index in [0.29, 0.717) is 31.5 Å². The van der Waals surface area contributed by atoms with Crippen LogP contribution in [0.2, 0.25) is 0 Å². The summed E-state index contributed by atoms with van der Waals surface area (Å²) in [4.78, 5) is 18.1. The Morgan fingerprint density at radius 3 is 2.84 bits per heavy atom. The van der Waals surface area contributed by atoms with Crippen molar-refractivity contribution in [1.29, 1.82) is 0 Å². The van der Waals surface area contributed by atoms with Crippen LogP contribution in [0.25, 0.3) is 0 Å². The Kier molecular flexibility index (Phi) is 5.67. The monoisotopic (exact) mass is 354 g/mol. The molecule has 0 aromatic carbocycles. The first-order valence-electron chi connectivity index (χ1n) is 8.72. The van der Waals surface area contributed by atoms with Gasteiger partial charge in [0, 0.05) is 25.2 Å². The molecule has 8 heteroatoms. The molecular formula is C17H24F2N4O2. The van der Waals surface area contributed by atoms with Gasteiger partial charge in [0.1, 0.15) is 6.17 Å². The summed E-state index contributed by atoms with van der Waals surface area (Å²) in [5.74, 6) is -0.134. The van der Waals surface area contributed by atoms with Gasteiger partial charge in [-0.05, 0) is 38.3 Å². The number of pyridine rings is 1. The molecular weight excluding hydrogens is 330 g/mol. The van der Waals surface area contributed by atoms with Gasteiger partial charge in [-0.2, -0.15) is 4.98 Å². The summed E-state index contributed by atoms with van der Waals surface area (Å²) in [5.41, 5.74) is 0.482. The highest BCUT2D eigenvalue weighted by Crippen LogP contribution is 2.27. The molecule has 2 fully saturated rings. The van der Waals surface area contributed by atoms with Crippen LogP contribution in [0.3, 0.4) is 0 Å². The molecule has 1 atom stereocenters. The predicted octanol–water partition coefficient (Wildman–Crippen LogP) is 1.54. The van der Waals surface area contributed by atoms with Gasteiger partial charge < -0.3 is 20.3 Å². The van der Waals surface area contributed by atoms with E-state index in [1.54, 1.807) is 4.90 Å². The number of halogens is 2. The van der Waals surface area contributed by atoms with E-state index in [9.17, 15) is 13.6 Å². The van der Waals surface area contributed by atoms with Crippen LogP contribution < -0.4 is 20.3 Å². The molecule has 2 aliphatic heterocycles. The summed E-state index contributed by atoms with van der Waals surface area (Å²) in [7, 11) is 1.46. The van der Waals surface area contributed by atoms with E-state index in [-0.39, 0.29) is 30.2 Å². The lowest BCUT2D eigenvalue weighted by molar-refractivity contribution is -0.122. The molecule has 25 heavy (non-hydrogen) atoms. The predicted molar refractivity (Wildman–Crippen MR) is 90.0 cm³/mol. The molecule has 0 saturated carbocycles. The normalized spacial score (nSPS) is 21.4. The van der Waals surface area contributed by atoms with Gasteiger partial charge in [0.25, 0.3) is 0 Å². The Balaban J connectivity index is 1.69. The molecule has 3 rings (SSSR count). The van der Waals surface area contributed by atoms with E-state index < -0.39 is 12.0 Å². The van der Waals surface area contributed by atoms with E-state index in [1.165, 1.54) is 13.2 Å².